The smallest absolute Gasteiger partial charge is 0.316 e. The van der Waals surface area contributed by atoms with Gasteiger partial charge in [0, 0.05) is 17.4 Å². The Morgan fingerprint density at radius 3 is 2.55 bits per heavy atom. The summed E-state index contributed by atoms with van der Waals surface area (Å²) >= 11 is 6.98. The molecule has 33 heavy (non-hydrogen) atoms. The van der Waals surface area contributed by atoms with Gasteiger partial charge < -0.3 is 10.1 Å². The zero-order valence-corrected chi connectivity index (χ0v) is 19.9. The Labute approximate surface area is 201 Å². The largest absolute Gasteiger partial charge is 0.465 e. The number of nitrogens with one attached hydrogen (secondary N) is 1. The Morgan fingerprint density at radius 1 is 1.06 bits per heavy atom. The summed E-state index contributed by atoms with van der Waals surface area (Å²) in [7, 11) is 0. The highest BCUT2D eigenvalue weighted by molar-refractivity contribution is 7.99. The second-order valence-corrected chi connectivity index (χ2v) is 8.49. The lowest BCUT2D eigenvalue weighted by Crippen LogP contribution is -2.21. The molecule has 4 aromatic rings. The maximum atomic E-state index is 12.0. The van der Waals surface area contributed by atoms with Gasteiger partial charge in [-0.2, -0.15) is 0 Å². The van der Waals surface area contributed by atoms with Crippen LogP contribution in [0.1, 0.15) is 18.2 Å². The van der Waals surface area contributed by atoms with E-state index in [4.69, 9.17) is 17.0 Å². The van der Waals surface area contributed by atoms with Gasteiger partial charge in [-0.15, -0.1) is 10.2 Å². The number of thioether (sulfide) groups is 1. The van der Waals surface area contributed by atoms with Gasteiger partial charge in [-0.1, -0.05) is 72.0 Å². The molecule has 0 aliphatic carbocycles. The number of hydrogen-bond acceptors (Lipinski definition) is 6. The highest BCUT2D eigenvalue weighted by Gasteiger charge is 2.20. The zero-order chi connectivity index (χ0) is 23.2. The standard InChI is InChI=1S/C24H23N5O2S2/c1-3-31-21(30)16-33-24-27-26-22(18-13-11-17(2)12-14-18)29(24)28-15-7-10-20(28)23(32)25-19-8-5-4-6-9-19/h4-15H,3,16H2,1-2H3,(H,25,32). The fourth-order valence-corrected chi connectivity index (χ4v) is 4.21. The number of carbonyl (C=O) groups is 1. The molecule has 2 aromatic carbocycles. The predicted molar refractivity (Wildman–Crippen MR) is 135 cm³/mol. The summed E-state index contributed by atoms with van der Waals surface area (Å²) < 4.78 is 8.83. The van der Waals surface area contributed by atoms with Crippen LogP contribution < -0.4 is 5.32 Å². The third kappa shape index (κ3) is 5.32. The molecule has 0 radical (unpaired) electrons. The van der Waals surface area contributed by atoms with Gasteiger partial charge in [-0.05, 0) is 38.1 Å². The molecule has 7 nitrogen and oxygen atoms in total. The molecule has 0 amide bonds. The van der Waals surface area contributed by atoms with Crippen LogP contribution in [0.15, 0.2) is 78.1 Å². The molecule has 0 fully saturated rings. The number of anilines is 1. The van der Waals surface area contributed by atoms with Gasteiger partial charge in [0.15, 0.2) is 5.82 Å². The van der Waals surface area contributed by atoms with E-state index in [-0.39, 0.29) is 11.7 Å². The van der Waals surface area contributed by atoms with Crippen LogP contribution >= 0.6 is 24.0 Å². The number of thiocarbonyl (C=S) groups is 1. The molecule has 2 heterocycles. The number of ether oxygens (including phenoxy) is 1. The molecular weight excluding hydrogens is 454 g/mol. The van der Waals surface area contributed by atoms with Crippen molar-refractivity contribution >= 4 is 40.6 Å². The van der Waals surface area contributed by atoms with Crippen molar-refractivity contribution in [2.75, 3.05) is 17.7 Å². The number of rotatable bonds is 8. The average Bonchev–Trinajstić information content (AvgIpc) is 3.46. The van der Waals surface area contributed by atoms with Gasteiger partial charge in [0.1, 0.15) is 4.99 Å². The van der Waals surface area contributed by atoms with Crippen molar-refractivity contribution < 1.29 is 9.53 Å². The molecule has 168 valence electrons. The quantitative estimate of drug-likeness (QED) is 0.222. The van der Waals surface area contributed by atoms with Crippen LogP contribution in [-0.4, -0.2) is 42.9 Å². The molecule has 0 saturated heterocycles. The molecule has 4 rings (SSSR count). The van der Waals surface area contributed by atoms with Crippen molar-refractivity contribution in [3.63, 3.8) is 0 Å². The van der Waals surface area contributed by atoms with Crippen LogP contribution in [-0.2, 0) is 9.53 Å². The van der Waals surface area contributed by atoms with Crippen molar-refractivity contribution in [1.29, 1.82) is 0 Å². The van der Waals surface area contributed by atoms with E-state index in [0.29, 0.717) is 22.6 Å². The molecule has 0 aliphatic heterocycles. The minimum absolute atomic E-state index is 0.128. The summed E-state index contributed by atoms with van der Waals surface area (Å²) in [5.41, 5.74) is 3.71. The van der Waals surface area contributed by atoms with E-state index in [9.17, 15) is 4.79 Å². The summed E-state index contributed by atoms with van der Waals surface area (Å²) in [4.78, 5) is 12.5. The van der Waals surface area contributed by atoms with E-state index in [1.165, 1.54) is 11.8 Å². The van der Waals surface area contributed by atoms with Gasteiger partial charge in [-0.25, -0.2) is 9.35 Å². The molecular formula is C24H23N5O2S2. The van der Waals surface area contributed by atoms with Gasteiger partial charge >= 0.3 is 5.97 Å². The first kappa shape index (κ1) is 22.8. The molecule has 0 atom stereocenters. The van der Waals surface area contributed by atoms with Crippen molar-refractivity contribution in [3.8, 4) is 11.4 Å². The molecule has 9 heteroatoms. The number of esters is 1. The van der Waals surface area contributed by atoms with Crippen molar-refractivity contribution in [2.45, 2.75) is 19.0 Å². The normalized spacial score (nSPS) is 10.7. The Bertz CT molecular complexity index is 1250. The predicted octanol–water partition coefficient (Wildman–Crippen LogP) is 4.81. The third-order valence-corrected chi connectivity index (χ3v) is 5.96. The molecule has 0 bridgehead atoms. The minimum Gasteiger partial charge on any atom is -0.465 e. The highest BCUT2D eigenvalue weighted by atomic mass is 32.2. The maximum absolute atomic E-state index is 12.0. The topological polar surface area (TPSA) is 74.0 Å². The van der Waals surface area contributed by atoms with Crippen LogP contribution in [0.5, 0.6) is 0 Å². The summed E-state index contributed by atoms with van der Waals surface area (Å²) in [6.45, 7) is 4.15. The Kier molecular flexibility index (Phi) is 7.21. The third-order valence-electron chi connectivity index (χ3n) is 4.75. The maximum Gasteiger partial charge on any atom is 0.316 e. The lowest BCUT2D eigenvalue weighted by molar-refractivity contribution is -0.139. The summed E-state index contributed by atoms with van der Waals surface area (Å²) in [5.74, 6) is 0.465. The van der Waals surface area contributed by atoms with E-state index in [1.807, 2.05) is 89.2 Å². The SMILES string of the molecule is CCOC(=O)CSc1nnc(-c2ccc(C)cc2)n1-n1cccc1C(=S)Nc1ccccc1. The van der Waals surface area contributed by atoms with Crippen LogP contribution in [0.2, 0.25) is 0 Å². The van der Waals surface area contributed by atoms with E-state index in [2.05, 4.69) is 15.5 Å². The average molecular weight is 478 g/mol. The Morgan fingerprint density at radius 2 is 1.82 bits per heavy atom. The van der Waals surface area contributed by atoms with E-state index >= 15 is 0 Å². The molecule has 0 saturated carbocycles. The van der Waals surface area contributed by atoms with Gasteiger partial charge in [0.25, 0.3) is 0 Å². The van der Waals surface area contributed by atoms with Crippen LogP contribution in [0.3, 0.4) is 0 Å². The molecule has 1 N–H and O–H groups in total. The fourth-order valence-electron chi connectivity index (χ4n) is 3.20. The van der Waals surface area contributed by atoms with Crippen molar-refractivity contribution in [2.24, 2.45) is 0 Å². The Balaban J connectivity index is 1.73. The first-order valence-electron chi connectivity index (χ1n) is 10.4. The van der Waals surface area contributed by atoms with Crippen molar-refractivity contribution in [1.82, 2.24) is 19.5 Å². The number of hydrogen-bond donors (Lipinski definition) is 1. The van der Waals surface area contributed by atoms with Crippen LogP contribution in [0, 0.1) is 6.92 Å². The van der Waals surface area contributed by atoms with Gasteiger partial charge in [0.2, 0.25) is 5.16 Å². The van der Waals surface area contributed by atoms with E-state index in [1.54, 1.807) is 6.92 Å². The summed E-state index contributed by atoms with van der Waals surface area (Å²) in [6, 6.07) is 21.6. The fraction of sp³-hybridized carbons (Fsp3) is 0.167. The van der Waals surface area contributed by atoms with Gasteiger partial charge in [-0.3, -0.25) is 4.79 Å². The lowest BCUT2D eigenvalue weighted by atomic mass is 10.1. The number of carbonyl (C=O) groups excluding carboxylic acids is 1. The number of nitrogens with zero attached hydrogens (tertiary/aromatic N) is 4. The first-order chi connectivity index (χ1) is 16.1. The number of aromatic nitrogens is 4. The summed E-state index contributed by atoms with van der Waals surface area (Å²) in [5, 5.41) is 12.6. The second kappa shape index (κ2) is 10.5. The molecule has 0 aliphatic rings. The van der Waals surface area contributed by atoms with Crippen LogP contribution in [0.4, 0.5) is 5.69 Å². The minimum atomic E-state index is -0.303. The number of benzene rings is 2. The summed E-state index contributed by atoms with van der Waals surface area (Å²) in [6.07, 6.45) is 1.89. The van der Waals surface area contributed by atoms with Gasteiger partial charge in [0.05, 0.1) is 18.1 Å². The zero-order valence-electron chi connectivity index (χ0n) is 18.3. The van der Waals surface area contributed by atoms with Crippen LogP contribution in [0.25, 0.3) is 11.4 Å². The highest BCUT2D eigenvalue weighted by Crippen LogP contribution is 2.26. The van der Waals surface area contributed by atoms with E-state index in [0.717, 1.165) is 22.5 Å². The lowest BCUT2D eigenvalue weighted by Gasteiger charge is -2.16. The first-order valence-corrected chi connectivity index (χ1v) is 11.8. The second-order valence-electron chi connectivity index (χ2n) is 7.14. The number of para-hydroxylation sites is 1. The molecule has 2 aromatic heterocycles. The van der Waals surface area contributed by atoms with Crippen molar-refractivity contribution in [3.05, 3.63) is 84.2 Å². The van der Waals surface area contributed by atoms with E-state index < -0.39 is 0 Å². The molecule has 0 unspecified atom stereocenters. The molecule has 0 spiro atoms. The monoisotopic (exact) mass is 477 g/mol. The Hall–Kier alpha value is -3.43. The number of aryl methyl sites for hydroxylation is 1.